The number of ether oxygens (including phenoxy) is 1. The van der Waals surface area contributed by atoms with E-state index >= 15 is 0 Å². The summed E-state index contributed by atoms with van der Waals surface area (Å²) in [5.41, 5.74) is 0.975. The molecule has 11 heteroatoms. The number of aliphatic imine (C=N–C) groups is 2. The van der Waals surface area contributed by atoms with E-state index in [1.165, 1.54) is 17.2 Å². The summed E-state index contributed by atoms with van der Waals surface area (Å²) in [5.74, 6) is -0.270. The number of halogens is 3. The Hall–Kier alpha value is -3.50. The van der Waals surface area contributed by atoms with Gasteiger partial charge in [-0.1, -0.05) is 6.07 Å². The summed E-state index contributed by atoms with van der Waals surface area (Å²) in [6.45, 7) is 9.93. The fourth-order valence-corrected chi connectivity index (χ4v) is 2.77. The van der Waals surface area contributed by atoms with Gasteiger partial charge in [0.1, 0.15) is 6.61 Å². The van der Waals surface area contributed by atoms with Gasteiger partial charge in [0, 0.05) is 18.3 Å². The number of aryl methyl sites for hydroxylation is 1. The van der Waals surface area contributed by atoms with Crippen molar-refractivity contribution in [2.75, 3.05) is 13.2 Å². The highest BCUT2D eigenvalue weighted by Crippen LogP contribution is 2.24. The fourth-order valence-electron chi connectivity index (χ4n) is 2.77. The second kappa shape index (κ2) is 10.7. The highest BCUT2D eigenvalue weighted by Gasteiger charge is 2.30. The van der Waals surface area contributed by atoms with Crippen LogP contribution in [0.4, 0.5) is 13.2 Å². The van der Waals surface area contributed by atoms with E-state index in [0.717, 1.165) is 12.5 Å². The molecular formula is C21H25F3N6O2. The van der Waals surface area contributed by atoms with Crippen LogP contribution >= 0.6 is 0 Å². The molecule has 0 unspecified atom stereocenters. The predicted molar refractivity (Wildman–Crippen MR) is 115 cm³/mol. The number of aromatic nitrogens is 3. The number of rotatable bonds is 7. The molecule has 0 saturated heterocycles. The summed E-state index contributed by atoms with van der Waals surface area (Å²) in [5, 5.41) is 8.23. The van der Waals surface area contributed by atoms with Crippen LogP contribution in [-0.4, -0.2) is 63.9 Å². The van der Waals surface area contributed by atoms with Crippen LogP contribution in [-0.2, 0) is 4.74 Å². The van der Waals surface area contributed by atoms with Gasteiger partial charge in [-0.2, -0.15) is 28.2 Å². The van der Waals surface area contributed by atoms with E-state index in [-0.39, 0.29) is 18.5 Å². The van der Waals surface area contributed by atoms with E-state index in [0.29, 0.717) is 24.0 Å². The van der Waals surface area contributed by atoms with Crippen molar-refractivity contribution >= 4 is 18.6 Å². The molecule has 1 aromatic carbocycles. The molecule has 2 rings (SSSR count). The van der Waals surface area contributed by atoms with Gasteiger partial charge in [0.2, 0.25) is 0 Å². The molecule has 8 nitrogen and oxygen atoms in total. The minimum atomic E-state index is -4.50. The third kappa shape index (κ3) is 6.25. The number of nitrogens with zero attached hydrogens (tertiary/aromatic N) is 6. The van der Waals surface area contributed by atoms with Crippen LogP contribution in [0.5, 0.6) is 0 Å². The van der Waals surface area contributed by atoms with Crippen LogP contribution < -0.4 is 0 Å². The Bertz CT molecular complexity index is 999. The molecule has 2 aromatic rings. The number of carbonyl (C=O) groups excluding carboxylic acids is 1. The molecule has 1 heterocycles. The number of allylic oxidation sites excluding steroid dienone is 1. The average Bonchev–Trinajstić information content (AvgIpc) is 3.28. The first-order valence-corrected chi connectivity index (χ1v) is 9.78. The molecule has 0 aliphatic heterocycles. The molecule has 0 spiro atoms. The van der Waals surface area contributed by atoms with Crippen LogP contribution in [0, 0.1) is 6.92 Å². The zero-order valence-electron chi connectivity index (χ0n) is 18.3. The summed E-state index contributed by atoms with van der Waals surface area (Å²) in [6, 6.07) is 4.57. The van der Waals surface area contributed by atoms with Gasteiger partial charge < -0.3 is 9.64 Å². The standard InChI is InChI=1S/C21H25F3N6O2/c1-6-29(16(4)13-32-20(25-5)26-12-15(3)21(22,23)24)19(31)17-8-7-14(2)11-18(17)30-27-9-10-28-30/h7-12,16H,5-6,13H2,1-4H3/b15-12+,26-20+/t16-/m0/s1. The Labute approximate surface area is 184 Å². The Balaban J connectivity index is 2.19. The van der Waals surface area contributed by atoms with Crippen molar-refractivity contribution in [1.82, 2.24) is 19.9 Å². The number of hydrogen-bond acceptors (Lipinski definition) is 5. The maximum absolute atomic E-state index is 13.3. The molecule has 0 aliphatic carbocycles. The van der Waals surface area contributed by atoms with Crippen LogP contribution in [0.1, 0.15) is 36.7 Å². The van der Waals surface area contributed by atoms with Gasteiger partial charge in [-0.05, 0) is 52.1 Å². The summed E-state index contributed by atoms with van der Waals surface area (Å²) < 4.78 is 43.2. The highest BCUT2D eigenvalue weighted by molar-refractivity contribution is 5.98. The van der Waals surface area contributed by atoms with E-state index in [1.54, 1.807) is 17.9 Å². The van der Waals surface area contributed by atoms with Crippen molar-refractivity contribution in [3.05, 3.63) is 53.5 Å². The lowest BCUT2D eigenvalue weighted by Gasteiger charge is -2.28. The van der Waals surface area contributed by atoms with Crippen LogP contribution in [0.3, 0.4) is 0 Å². The molecule has 0 N–H and O–H groups in total. The predicted octanol–water partition coefficient (Wildman–Crippen LogP) is 3.97. The fraction of sp³-hybridized carbons (Fsp3) is 0.381. The van der Waals surface area contributed by atoms with Crippen LogP contribution in [0.25, 0.3) is 5.69 Å². The topological polar surface area (TPSA) is 85.0 Å². The molecule has 172 valence electrons. The van der Waals surface area contributed by atoms with Crippen molar-refractivity contribution in [2.45, 2.75) is 39.9 Å². The smallest absolute Gasteiger partial charge is 0.413 e. The number of amides is 1. The zero-order chi connectivity index (χ0) is 23.9. The second-order valence-electron chi connectivity index (χ2n) is 6.97. The first kappa shape index (κ1) is 24.8. The maximum atomic E-state index is 13.3. The first-order valence-electron chi connectivity index (χ1n) is 9.78. The Morgan fingerprint density at radius 2 is 2.00 bits per heavy atom. The summed E-state index contributed by atoms with van der Waals surface area (Å²) >= 11 is 0. The SMILES string of the molecule is C=N/C(=N\C=C(/C)C(F)(F)F)OC[C@H](C)N(CC)C(=O)c1ccc(C)cc1-n1nccn1. The molecule has 1 atom stereocenters. The second-order valence-corrected chi connectivity index (χ2v) is 6.97. The van der Waals surface area contributed by atoms with Gasteiger partial charge in [-0.25, -0.2) is 9.98 Å². The number of likely N-dealkylation sites (N-methyl/N-ethyl adjacent to an activating group) is 1. The number of hydrogen-bond donors (Lipinski definition) is 0. The van der Waals surface area contributed by atoms with E-state index in [2.05, 4.69) is 26.9 Å². The van der Waals surface area contributed by atoms with Gasteiger partial charge in [0.25, 0.3) is 5.91 Å². The van der Waals surface area contributed by atoms with Crippen molar-refractivity contribution in [3.8, 4) is 5.69 Å². The molecule has 0 bridgehead atoms. The van der Waals surface area contributed by atoms with Crippen molar-refractivity contribution < 1.29 is 22.7 Å². The minimum absolute atomic E-state index is 0.0441. The van der Waals surface area contributed by atoms with Gasteiger partial charge >= 0.3 is 12.2 Å². The molecule has 0 aliphatic rings. The quantitative estimate of drug-likeness (QED) is 0.472. The molecule has 1 aromatic heterocycles. The number of alkyl halides is 3. The van der Waals surface area contributed by atoms with Crippen LogP contribution in [0.2, 0.25) is 0 Å². The number of amidine groups is 1. The van der Waals surface area contributed by atoms with Gasteiger partial charge in [-0.3, -0.25) is 4.79 Å². The van der Waals surface area contributed by atoms with Gasteiger partial charge in [0.05, 0.1) is 29.7 Å². The molecule has 0 saturated carbocycles. The third-order valence-electron chi connectivity index (χ3n) is 4.56. The number of carbonyl (C=O) groups is 1. The lowest BCUT2D eigenvalue weighted by molar-refractivity contribution is -0.0915. The van der Waals surface area contributed by atoms with Crippen LogP contribution in [0.15, 0.2) is 52.4 Å². The first-order chi connectivity index (χ1) is 15.1. The summed E-state index contributed by atoms with van der Waals surface area (Å²) in [4.78, 5) is 23.3. The molecular weight excluding hydrogens is 425 g/mol. The zero-order valence-corrected chi connectivity index (χ0v) is 18.3. The monoisotopic (exact) mass is 450 g/mol. The normalized spacial score (nSPS) is 13.6. The molecule has 0 radical (unpaired) electrons. The van der Waals surface area contributed by atoms with Crippen molar-refractivity contribution in [3.63, 3.8) is 0 Å². The summed E-state index contributed by atoms with van der Waals surface area (Å²) in [7, 11) is 0. The van der Waals surface area contributed by atoms with Gasteiger partial charge in [-0.15, -0.1) is 0 Å². The van der Waals surface area contributed by atoms with E-state index in [9.17, 15) is 18.0 Å². The molecule has 32 heavy (non-hydrogen) atoms. The average molecular weight is 450 g/mol. The molecule has 0 fully saturated rings. The van der Waals surface area contributed by atoms with Crippen molar-refractivity contribution in [1.29, 1.82) is 0 Å². The largest absolute Gasteiger partial charge is 0.461 e. The minimum Gasteiger partial charge on any atom is -0.461 e. The van der Waals surface area contributed by atoms with Gasteiger partial charge in [0.15, 0.2) is 0 Å². The van der Waals surface area contributed by atoms with Crippen molar-refractivity contribution in [2.24, 2.45) is 9.98 Å². The Morgan fingerprint density at radius 3 is 2.56 bits per heavy atom. The highest BCUT2D eigenvalue weighted by atomic mass is 19.4. The number of benzene rings is 1. The third-order valence-corrected chi connectivity index (χ3v) is 4.56. The Morgan fingerprint density at radius 1 is 1.34 bits per heavy atom. The maximum Gasteiger partial charge on any atom is 0.413 e. The van der Waals surface area contributed by atoms with E-state index < -0.39 is 17.8 Å². The lowest BCUT2D eigenvalue weighted by atomic mass is 10.1. The van der Waals surface area contributed by atoms with E-state index in [4.69, 9.17) is 4.74 Å². The lowest BCUT2D eigenvalue weighted by Crippen LogP contribution is -2.41. The van der Waals surface area contributed by atoms with E-state index in [1.807, 2.05) is 26.0 Å². The molecule has 1 amide bonds. The Kier molecular flexibility index (Phi) is 8.27. The summed E-state index contributed by atoms with van der Waals surface area (Å²) in [6.07, 6.45) is -0.845.